The number of sulfonamides is 1. The van der Waals surface area contributed by atoms with Crippen molar-refractivity contribution >= 4 is 72.9 Å². The summed E-state index contributed by atoms with van der Waals surface area (Å²) >= 11 is 0. The Kier molecular flexibility index (Phi) is 16.8. The van der Waals surface area contributed by atoms with Gasteiger partial charge in [0, 0.05) is 76.8 Å². The molecule has 0 atom stereocenters. The van der Waals surface area contributed by atoms with Gasteiger partial charge in [-0.05, 0) is 128 Å². The normalized spacial score (nSPS) is 14.9. The molecule has 0 fully saturated rings. The van der Waals surface area contributed by atoms with Gasteiger partial charge in [0.2, 0.25) is 23.7 Å². The first-order chi connectivity index (χ1) is 30.8. The Morgan fingerprint density at radius 2 is 1.28 bits per heavy atom. The van der Waals surface area contributed by atoms with Crippen LogP contribution in [0.15, 0.2) is 22.4 Å². The van der Waals surface area contributed by atoms with E-state index in [1.165, 1.54) is 63.0 Å². The molecule has 19 nitrogen and oxygen atoms in total. The van der Waals surface area contributed by atoms with Gasteiger partial charge in [0.25, 0.3) is 29.4 Å². The average molecular weight is 976 g/mol. The van der Waals surface area contributed by atoms with Crippen molar-refractivity contribution in [2.24, 2.45) is 5.73 Å². The number of carbonyl (C=O) groups excluding carboxylic acids is 2. The molecule has 4 aromatic rings. The zero-order valence-corrected chi connectivity index (χ0v) is 41.3. The topological polar surface area (TPSA) is 270 Å². The van der Waals surface area contributed by atoms with Crippen LogP contribution >= 0.6 is 10.7 Å². The Bertz CT molecular complexity index is 2520. The first-order valence-electron chi connectivity index (χ1n) is 22.3. The van der Waals surface area contributed by atoms with Gasteiger partial charge in [0.1, 0.15) is 6.73 Å². The number of rotatable bonds is 17. The highest BCUT2D eigenvalue weighted by Crippen LogP contribution is 2.41. The van der Waals surface area contributed by atoms with Crippen LogP contribution in [0.5, 0.6) is 0 Å². The lowest BCUT2D eigenvalue weighted by atomic mass is 9.99. The van der Waals surface area contributed by atoms with Crippen LogP contribution in [0.4, 0.5) is 23.3 Å². The number of halogens is 1. The molecule has 23 heteroatoms. The molecular weight excluding hydrogens is 912 g/mol. The first-order valence-corrected chi connectivity index (χ1v) is 29.8. The van der Waals surface area contributed by atoms with Crippen LogP contribution in [0, 0.1) is 0 Å². The molecule has 2 heterocycles. The van der Waals surface area contributed by atoms with Crippen LogP contribution in [0.1, 0.15) is 84.0 Å². The monoisotopic (exact) mass is 974 g/mol. The van der Waals surface area contributed by atoms with E-state index in [-0.39, 0.29) is 42.7 Å². The molecule has 2 aromatic heterocycles. The molecule has 4 aliphatic carbocycles. The molecule has 8 rings (SSSR count). The number of benzene rings is 2. The van der Waals surface area contributed by atoms with E-state index in [9.17, 15) is 26.4 Å². The van der Waals surface area contributed by atoms with Gasteiger partial charge in [-0.3, -0.25) is 9.59 Å². The fourth-order valence-electron chi connectivity index (χ4n) is 8.46. The molecule has 0 saturated carbocycles. The van der Waals surface area contributed by atoms with E-state index in [0.29, 0.717) is 25.6 Å². The van der Waals surface area contributed by atoms with E-state index in [1.807, 2.05) is 0 Å². The van der Waals surface area contributed by atoms with E-state index in [4.69, 9.17) is 21.2 Å². The van der Waals surface area contributed by atoms with E-state index < -0.39 is 32.3 Å². The molecule has 2 amide bonds. The van der Waals surface area contributed by atoms with Crippen LogP contribution in [-0.4, -0.2) is 99.5 Å². The largest absolute Gasteiger partial charge is 0.359 e. The van der Waals surface area contributed by atoms with Gasteiger partial charge in [0.05, 0.1) is 0 Å². The molecule has 0 bridgehead atoms. The Morgan fingerprint density at radius 3 is 1.74 bits per heavy atom. The van der Waals surface area contributed by atoms with E-state index in [0.717, 1.165) is 94.5 Å². The number of aromatic amines is 1. The maximum atomic E-state index is 12.3. The minimum atomic E-state index is -4.03. The molecule has 0 saturated heterocycles. The van der Waals surface area contributed by atoms with Crippen LogP contribution in [0.25, 0.3) is 0 Å². The lowest BCUT2D eigenvalue weighted by molar-refractivity contribution is -0.119. The number of hydrogen-bond donors (Lipinski definition) is 7. The van der Waals surface area contributed by atoms with Crippen molar-refractivity contribution < 1.29 is 31.2 Å². The molecule has 0 spiro atoms. The number of ether oxygens (including phenoxy) is 1. The van der Waals surface area contributed by atoms with Crippen LogP contribution in [-0.2, 0) is 91.5 Å². The van der Waals surface area contributed by atoms with Crippen molar-refractivity contribution in [3.63, 3.8) is 0 Å². The number of amides is 2. The Labute approximate surface area is 387 Å². The van der Waals surface area contributed by atoms with Gasteiger partial charge in [-0.1, -0.05) is 31.8 Å². The standard InChI is InChI=1S/C20H29ClN4O3SSi.C18H24N6O3S.C4H10N2O/c1-30(2,3)11-10-28-13-25-19(23-20(24-25)29(21,26)27)22-18-16-8-4-6-14(16)12-15-7-5-9-17(15)18;1-11(25)19-8-9-20-28(26,27)18-22-17(23-24-18)21-16-14-6-2-4-12(14)10-13-5-3-7-15(13)16;1-4(7)6-3-2-5/h12H,4-11,13H2,1-3H3,(H,22,23,24);10,20H,2-9H2,1H3,(H,19,25)(H2,21,22,23,24);2-3,5H2,1H3,(H,6,7). The van der Waals surface area contributed by atoms with Gasteiger partial charge in [-0.25, -0.2) is 31.3 Å². The number of hydrogen-bond acceptors (Lipinski definition) is 14. The third-order valence-electron chi connectivity index (χ3n) is 11.5. The van der Waals surface area contributed by atoms with E-state index in [2.05, 4.69) is 83.0 Å². The van der Waals surface area contributed by atoms with E-state index in [1.54, 1.807) is 0 Å². The van der Waals surface area contributed by atoms with E-state index >= 15 is 0 Å². The maximum absolute atomic E-state index is 12.3. The number of nitrogens with one attached hydrogen (secondary N) is 6. The average Bonchev–Trinajstić information content (AvgIpc) is 4.09. The van der Waals surface area contributed by atoms with Crippen LogP contribution in [0.3, 0.4) is 0 Å². The van der Waals surface area contributed by atoms with Crippen molar-refractivity contribution in [2.45, 2.75) is 134 Å². The summed E-state index contributed by atoms with van der Waals surface area (Å²) in [5.41, 5.74) is 18.0. The smallest absolute Gasteiger partial charge is 0.298 e. The number of carbonyl (C=O) groups is 2. The predicted molar refractivity (Wildman–Crippen MR) is 253 cm³/mol. The fourth-order valence-corrected chi connectivity index (χ4v) is 10.7. The molecule has 65 heavy (non-hydrogen) atoms. The molecule has 8 N–H and O–H groups in total. The number of nitrogens with zero attached hydrogens (tertiary/aromatic N) is 5. The lowest BCUT2D eigenvalue weighted by Gasteiger charge is -2.18. The molecule has 0 unspecified atom stereocenters. The first kappa shape index (κ1) is 50.0. The molecule has 0 aliphatic heterocycles. The van der Waals surface area contributed by atoms with Gasteiger partial charge < -0.3 is 31.7 Å². The predicted octanol–water partition coefficient (Wildman–Crippen LogP) is 4.26. The number of H-pyrrole nitrogens is 1. The highest BCUT2D eigenvalue weighted by atomic mass is 35.7. The van der Waals surface area contributed by atoms with Crippen molar-refractivity contribution in [2.75, 3.05) is 43.4 Å². The number of anilines is 4. The summed E-state index contributed by atoms with van der Waals surface area (Å²) in [7, 11) is -3.55. The molecule has 0 radical (unpaired) electrons. The second kappa shape index (κ2) is 21.9. The zero-order chi connectivity index (χ0) is 46.9. The SMILES string of the molecule is CC(=O)NCCN.CC(=O)NCCNS(=O)(=O)c1nc(Nc2c3c(cc4c2CCC4)CCC3)n[nH]1.C[Si](C)(C)CCOCn1nc(S(=O)(=O)Cl)nc1Nc1c2c(cc3c1CCC3)CCC2. The summed E-state index contributed by atoms with van der Waals surface area (Å²) in [4.78, 5) is 29.2. The number of fused-ring (bicyclic) bond motifs is 4. The quantitative estimate of drug-likeness (QED) is 0.0443. The second-order valence-electron chi connectivity index (χ2n) is 17.8. The third kappa shape index (κ3) is 13.6. The highest BCUT2D eigenvalue weighted by molar-refractivity contribution is 8.13. The minimum Gasteiger partial charge on any atom is -0.359 e. The lowest BCUT2D eigenvalue weighted by Crippen LogP contribution is -2.34. The molecule has 2 aromatic carbocycles. The summed E-state index contributed by atoms with van der Waals surface area (Å²) in [6.45, 7) is 11.8. The second-order valence-corrected chi connectivity index (χ2v) is 27.6. The maximum Gasteiger partial charge on any atom is 0.298 e. The Morgan fingerprint density at radius 1 is 0.769 bits per heavy atom. The van der Waals surface area contributed by atoms with Gasteiger partial charge in [-0.2, -0.15) is 9.97 Å². The van der Waals surface area contributed by atoms with Gasteiger partial charge in [0.15, 0.2) is 0 Å². The Balaban J connectivity index is 0.000000188. The Hall–Kier alpha value is -4.45. The van der Waals surface area contributed by atoms with Crippen molar-refractivity contribution in [3.05, 3.63) is 56.6 Å². The van der Waals surface area contributed by atoms with Crippen molar-refractivity contribution in [1.29, 1.82) is 0 Å². The highest BCUT2D eigenvalue weighted by Gasteiger charge is 2.28. The summed E-state index contributed by atoms with van der Waals surface area (Å²) in [6, 6.07) is 5.71. The summed E-state index contributed by atoms with van der Waals surface area (Å²) in [5, 5.41) is 21.8. The number of nitrogens with two attached hydrogens (primary N) is 1. The van der Waals surface area contributed by atoms with Gasteiger partial charge >= 0.3 is 0 Å². The number of aryl methyl sites for hydroxylation is 4. The number of aromatic nitrogens is 6. The fraction of sp³-hybridized carbons (Fsp3) is 0.571. The molecular formula is C42H63ClN12O7S2Si. The molecule has 356 valence electrons. The third-order valence-corrected chi connectivity index (χ3v) is 15.5. The van der Waals surface area contributed by atoms with Crippen LogP contribution in [0.2, 0.25) is 25.7 Å². The zero-order valence-electron chi connectivity index (χ0n) is 38.0. The van der Waals surface area contributed by atoms with Crippen LogP contribution < -0.4 is 31.7 Å². The summed E-state index contributed by atoms with van der Waals surface area (Å²) in [6.07, 6.45) is 13.0. The summed E-state index contributed by atoms with van der Waals surface area (Å²) in [5.74, 6) is 0.368. The summed E-state index contributed by atoms with van der Waals surface area (Å²) < 4.78 is 58.0. The van der Waals surface area contributed by atoms with Crippen molar-refractivity contribution in [1.82, 2.24) is 45.3 Å². The van der Waals surface area contributed by atoms with Gasteiger partial charge in [-0.15, -0.1) is 10.2 Å². The minimum absolute atomic E-state index is 0.0227. The van der Waals surface area contributed by atoms with Crippen molar-refractivity contribution in [3.8, 4) is 0 Å². The molecule has 4 aliphatic rings.